The van der Waals surface area contributed by atoms with E-state index in [1.807, 2.05) is 53.2 Å². The van der Waals surface area contributed by atoms with Crippen molar-refractivity contribution in [2.75, 3.05) is 5.73 Å². The van der Waals surface area contributed by atoms with Crippen LogP contribution in [0.2, 0.25) is 0 Å². The topological polar surface area (TPSA) is 66.0 Å². The van der Waals surface area contributed by atoms with Gasteiger partial charge < -0.3 is 15.0 Å². The fourth-order valence-electron chi connectivity index (χ4n) is 2.05. The van der Waals surface area contributed by atoms with Gasteiger partial charge in [-0.15, -0.1) is 0 Å². The van der Waals surface area contributed by atoms with Gasteiger partial charge in [-0.25, -0.2) is 4.98 Å². The lowest BCUT2D eigenvalue weighted by molar-refractivity contribution is 0.179. The molecule has 2 aromatic heterocycles. The maximum absolute atomic E-state index is 6.06. The second-order valence-electron chi connectivity index (χ2n) is 4.69. The average molecular weight is 280 g/mol. The average Bonchev–Trinajstić information content (AvgIpc) is 3.03. The van der Waals surface area contributed by atoms with Crippen LogP contribution in [0.3, 0.4) is 0 Å². The summed E-state index contributed by atoms with van der Waals surface area (Å²) in [4.78, 5) is 8.45. The summed E-state index contributed by atoms with van der Waals surface area (Å²) in [5.74, 6) is 0.764. The first-order valence-corrected chi connectivity index (χ1v) is 6.70. The molecule has 1 aromatic carbocycles. The predicted octanol–water partition coefficient (Wildman–Crippen LogP) is 2.68. The number of hydrogen-bond acceptors (Lipinski definition) is 4. The number of benzene rings is 1. The van der Waals surface area contributed by atoms with Crippen LogP contribution in [0.1, 0.15) is 11.8 Å². The van der Waals surface area contributed by atoms with Crippen LogP contribution in [-0.4, -0.2) is 14.5 Å². The van der Waals surface area contributed by atoms with E-state index in [4.69, 9.17) is 10.5 Å². The smallest absolute Gasteiger partial charge is 0.158 e. The summed E-state index contributed by atoms with van der Waals surface area (Å²) in [6.45, 7) is 0.640. The number of hydrogen-bond donors (Lipinski definition) is 1. The molecule has 0 saturated heterocycles. The number of rotatable bonds is 5. The highest BCUT2D eigenvalue weighted by atomic mass is 16.5. The Morgan fingerprint density at radius 1 is 1.10 bits per heavy atom. The number of anilines is 1. The van der Waals surface area contributed by atoms with Crippen molar-refractivity contribution >= 4 is 5.69 Å². The summed E-state index contributed by atoms with van der Waals surface area (Å²) < 4.78 is 8.03. The highest BCUT2D eigenvalue weighted by Gasteiger charge is 2.15. The van der Waals surface area contributed by atoms with Gasteiger partial charge in [0.2, 0.25) is 0 Å². The Bertz CT molecular complexity index is 665. The number of pyridine rings is 1. The van der Waals surface area contributed by atoms with Crippen LogP contribution < -0.4 is 10.5 Å². The third-order valence-corrected chi connectivity index (χ3v) is 3.11. The summed E-state index contributed by atoms with van der Waals surface area (Å²) in [7, 11) is 0. The minimum absolute atomic E-state index is 0.191. The van der Waals surface area contributed by atoms with Crippen molar-refractivity contribution < 1.29 is 4.74 Å². The van der Waals surface area contributed by atoms with E-state index in [0.717, 1.165) is 11.4 Å². The van der Waals surface area contributed by atoms with Crippen molar-refractivity contribution in [3.05, 3.63) is 73.1 Å². The van der Waals surface area contributed by atoms with E-state index in [9.17, 15) is 0 Å². The Kier molecular flexibility index (Phi) is 3.82. The van der Waals surface area contributed by atoms with Crippen molar-refractivity contribution in [2.45, 2.75) is 12.6 Å². The molecule has 1 unspecified atom stereocenters. The summed E-state index contributed by atoms with van der Waals surface area (Å²) in [6.07, 6.45) is 7.00. The van der Waals surface area contributed by atoms with E-state index in [2.05, 4.69) is 9.97 Å². The molecule has 0 spiro atoms. The van der Waals surface area contributed by atoms with Gasteiger partial charge in [0.05, 0.1) is 18.6 Å². The molecule has 1 atom stereocenters. The molecule has 3 aromatic rings. The van der Waals surface area contributed by atoms with Gasteiger partial charge in [0, 0.05) is 24.3 Å². The molecular weight excluding hydrogens is 264 g/mol. The van der Waals surface area contributed by atoms with E-state index in [0.29, 0.717) is 12.2 Å². The molecule has 0 fully saturated rings. The maximum atomic E-state index is 6.06. The van der Waals surface area contributed by atoms with E-state index < -0.39 is 0 Å². The highest BCUT2D eigenvalue weighted by Crippen LogP contribution is 2.23. The molecule has 3 rings (SSSR count). The molecule has 0 amide bonds. The zero-order valence-corrected chi connectivity index (χ0v) is 11.5. The quantitative estimate of drug-likeness (QED) is 0.730. The van der Waals surface area contributed by atoms with Gasteiger partial charge in [0.15, 0.2) is 6.10 Å². The number of imidazole rings is 1. The lowest BCUT2D eigenvalue weighted by Crippen LogP contribution is -2.15. The monoisotopic (exact) mass is 280 g/mol. The molecule has 21 heavy (non-hydrogen) atoms. The van der Waals surface area contributed by atoms with Crippen molar-refractivity contribution in [1.29, 1.82) is 0 Å². The molecule has 0 aliphatic rings. The lowest BCUT2D eigenvalue weighted by Gasteiger charge is -2.19. The van der Waals surface area contributed by atoms with Gasteiger partial charge in [-0.05, 0) is 36.4 Å². The predicted molar refractivity (Wildman–Crippen MR) is 80.7 cm³/mol. The fraction of sp³-hybridized carbons (Fsp3) is 0.125. The largest absolute Gasteiger partial charge is 0.482 e. The molecule has 0 aliphatic carbocycles. The summed E-state index contributed by atoms with van der Waals surface area (Å²) in [5.41, 5.74) is 7.29. The SMILES string of the molecule is Nc1ccc(OC(Cn2ccnc2)c2ccccn2)cc1. The zero-order chi connectivity index (χ0) is 14.5. The minimum Gasteiger partial charge on any atom is -0.482 e. The second kappa shape index (κ2) is 6.09. The number of nitrogen functional groups attached to an aromatic ring is 1. The van der Waals surface area contributed by atoms with Crippen LogP contribution in [0.25, 0.3) is 0 Å². The number of aromatic nitrogens is 3. The van der Waals surface area contributed by atoms with Crippen LogP contribution in [0.15, 0.2) is 67.4 Å². The Morgan fingerprint density at radius 2 is 1.95 bits per heavy atom. The molecule has 0 saturated carbocycles. The molecule has 0 radical (unpaired) electrons. The van der Waals surface area contributed by atoms with Crippen molar-refractivity contribution in [1.82, 2.24) is 14.5 Å². The fourth-order valence-corrected chi connectivity index (χ4v) is 2.05. The van der Waals surface area contributed by atoms with Gasteiger partial charge in [-0.1, -0.05) is 6.07 Å². The molecule has 106 valence electrons. The standard InChI is InChI=1S/C16H16N4O/c17-13-4-6-14(7-5-13)21-16(11-20-10-9-18-12-20)15-3-1-2-8-19-15/h1-10,12,16H,11,17H2. The van der Waals surface area contributed by atoms with Crippen molar-refractivity contribution in [2.24, 2.45) is 0 Å². The maximum Gasteiger partial charge on any atom is 0.158 e. The number of nitrogens with two attached hydrogens (primary N) is 1. The van der Waals surface area contributed by atoms with Crippen LogP contribution in [0.5, 0.6) is 5.75 Å². The lowest BCUT2D eigenvalue weighted by atomic mass is 10.2. The van der Waals surface area contributed by atoms with E-state index in [-0.39, 0.29) is 6.10 Å². The van der Waals surface area contributed by atoms with Gasteiger partial charge in [0.25, 0.3) is 0 Å². The molecule has 5 heteroatoms. The Hall–Kier alpha value is -2.82. The Balaban J connectivity index is 1.83. The summed E-state index contributed by atoms with van der Waals surface area (Å²) >= 11 is 0. The third kappa shape index (κ3) is 3.39. The molecule has 2 N–H and O–H groups in total. The van der Waals surface area contributed by atoms with Gasteiger partial charge in [-0.3, -0.25) is 4.98 Å². The Labute approximate surface area is 123 Å². The van der Waals surface area contributed by atoms with E-state index in [1.54, 1.807) is 18.7 Å². The van der Waals surface area contributed by atoms with Crippen molar-refractivity contribution in [3.8, 4) is 5.75 Å². The van der Waals surface area contributed by atoms with Gasteiger partial charge in [-0.2, -0.15) is 0 Å². The molecular formula is C16H16N4O. The number of nitrogens with zero attached hydrogens (tertiary/aromatic N) is 3. The van der Waals surface area contributed by atoms with Gasteiger partial charge in [0.1, 0.15) is 5.75 Å². The Morgan fingerprint density at radius 3 is 2.62 bits per heavy atom. The van der Waals surface area contributed by atoms with Crippen LogP contribution >= 0.6 is 0 Å². The normalized spacial score (nSPS) is 12.0. The minimum atomic E-state index is -0.191. The van der Waals surface area contributed by atoms with E-state index >= 15 is 0 Å². The van der Waals surface area contributed by atoms with Crippen LogP contribution in [-0.2, 0) is 6.54 Å². The van der Waals surface area contributed by atoms with Crippen LogP contribution in [0.4, 0.5) is 5.69 Å². The first kappa shape index (κ1) is 13.2. The number of ether oxygens (including phenoxy) is 1. The van der Waals surface area contributed by atoms with Crippen LogP contribution in [0, 0.1) is 0 Å². The second-order valence-corrected chi connectivity index (χ2v) is 4.69. The van der Waals surface area contributed by atoms with Gasteiger partial charge >= 0.3 is 0 Å². The molecule has 2 heterocycles. The summed E-state index contributed by atoms with van der Waals surface area (Å²) in [6, 6.07) is 13.2. The molecule has 0 bridgehead atoms. The zero-order valence-electron chi connectivity index (χ0n) is 11.5. The molecule has 0 aliphatic heterocycles. The highest BCUT2D eigenvalue weighted by molar-refractivity contribution is 5.41. The molecule has 5 nitrogen and oxygen atoms in total. The first-order chi connectivity index (χ1) is 10.3. The first-order valence-electron chi connectivity index (χ1n) is 6.70. The van der Waals surface area contributed by atoms with Crippen molar-refractivity contribution in [3.63, 3.8) is 0 Å². The third-order valence-electron chi connectivity index (χ3n) is 3.11. The summed E-state index contributed by atoms with van der Waals surface area (Å²) in [5, 5.41) is 0. The van der Waals surface area contributed by atoms with E-state index in [1.165, 1.54) is 0 Å².